The largest absolute Gasteiger partial charge is 0.388 e. The van der Waals surface area contributed by atoms with Gasteiger partial charge in [-0.3, -0.25) is 9.48 Å². The van der Waals surface area contributed by atoms with Crippen molar-refractivity contribution in [2.45, 2.75) is 59.6 Å². The molecule has 1 aromatic rings. The maximum Gasteiger partial charge on any atom is 0.241 e. The van der Waals surface area contributed by atoms with Crippen molar-refractivity contribution >= 4 is 17.5 Å². The Kier molecular flexibility index (Phi) is 6.23. The molecule has 5 nitrogen and oxygen atoms in total. The van der Waals surface area contributed by atoms with Gasteiger partial charge >= 0.3 is 0 Å². The molecule has 0 aliphatic carbocycles. The molecule has 0 aliphatic heterocycles. The normalized spacial score (nSPS) is 14.3. The Morgan fingerprint density at radius 1 is 1.48 bits per heavy atom. The van der Waals surface area contributed by atoms with Crippen LogP contribution in [0.2, 0.25) is 5.02 Å². The fourth-order valence-corrected chi connectivity index (χ4v) is 2.13. The number of aromatic nitrogens is 2. The lowest BCUT2D eigenvalue weighted by Crippen LogP contribution is -2.42. The number of carbonyl (C=O) groups is 1. The molecule has 0 saturated heterocycles. The van der Waals surface area contributed by atoms with Gasteiger partial charge in [-0.15, -0.1) is 0 Å². The molecule has 1 rings (SSSR count). The minimum Gasteiger partial charge on any atom is -0.388 e. The van der Waals surface area contributed by atoms with Gasteiger partial charge in [-0.05, 0) is 39.5 Å². The molecule has 1 unspecified atom stereocenters. The van der Waals surface area contributed by atoms with Gasteiger partial charge in [0.05, 0.1) is 22.0 Å². The van der Waals surface area contributed by atoms with Crippen LogP contribution in [0.1, 0.15) is 45.0 Å². The second-order valence-electron chi connectivity index (χ2n) is 6.35. The number of carbonyl (C=O) groups excluding carboxylic acids is 1. The predicted molar refractivity (Wildman–Crippen MR) is 84.4 cm³/mol. The van der Waals surface area contributed by atoms with Crippen LogP contribution >= 0.6 is 11.6 Å². The molecule has 1 atom stereocenters. The molecule has 2 N–H and O–H groups in total. The topological polar surface area (TPSA) is 67.2 Å². The first kappa shape index (κ1) is 18.0. The highest BCUT2D eigenvalue weighted by Crippen LogP contribution is 2.19. The third-order valence-electron chi connectivity index (χ3n) is 3.51. The molecule has 0 bridgehead atoms. The summed E-state index contributed by atoms with van der Waals surface area (Å²) in [5.74, 6) is 0.353. The molecular formula is C15H26ClN3O2. The Labute approximate surface area is 131 Å². The summed E-state index contributed by atoms with van der Waals surface area (Å²) in [6.07, 6.45) is 1.59. The molecule has 0 radical (unpaired) electrons. The van der Waals surface area contributed by atoms with E-state index in [4.69, 9.17) is 11.6 Å². The molecule has 1 heterocycles. The van der Waals surface area contributed by atoms with Gasteiger partial charge in [-0.2, -0.15) is 5.10 Å². The number of aryl methyl sites for hydroxylation is 1. The van der Waals surface area contributed by atoms with Crippen LogP contribution in [-0.4, -0.2) is 32.9 Å². The fourth-order valence-electron chi connectivity index (χ4n) is 2.00. The van der Waals surface area contributed by atoms with Gasteiger partial charge in [0.25, 0.3) is 0 Å². The number of amides is 1. The maximum absolute atomic E-state index is 11.9. The van der Waals surface area contributed by atoms with E-state index in [9.17, 15) is 9.90 Å². The predicted octanol–water partition coefficient (Wildman–Crippen LogP) is 2.46. The molecule has 0 saturated carbocycles. The first-order valence-corrected chi connectivity index (χ1v) is 7.69. The Morgan fingerprint density at radius 2 is 2.10 bits per heavy atom. The third kappa shape index (κ3) is 5.67. The molecule has 1 aromatic heterocycles. The Bertz CT molecular complexity index is 495. The average Bonchev–Trinajstić information content (AvgIpc) is 2.62. The number of hydrogen-bond donors (Lipinski definition) is 2. The van der Waals surface area contributed by atoms with Gasteiger partial charge in [0.2, 0.25) is 5.91 Å². The molecule has 0 aliphatic rings. The monoisotopic (exact) mass is 315 g/mol. The van der Waals surface area contributed by atoms with Crippen LogP contribution < -0.4 is 5.32 Å². The van der Waals surface area contributed by atoms with Gasteiger partial charge in [-0.25, -0.2) is 0 Å². The van der Waals surface area contributed by atoms with Crippen LogP contribution in [0.3, 0.4) is 0 Å². The number of aliphatic hydroxyl groups is 1. The van der Waals surface area contributed by atoms with Gasteiger partial charge in [0, 0.05) is 6.54 Å². The lowest BCUT2D eigenvalue weighted by molar-refractivity contribution is -0.123. The highest BCUT2D eigenvalue weighted by Gasteiger charge is 2.22. The van der Waals surface area contributed by atoms with Crippen LogP contribution in [0, 0.1) is 19.8 Å². The second-order valence-corrected chi connectivity index (χ2v) is 6.73. The zero-order valence-electron chi connectivity index (χ0n) is 13.5. The quantitative estimate of drug-likeness (QED) is 0.812. The van der Waals surface area contributed by atoms with Gasteiger partial charge < -0.3 is 10.4 Å². The van der Waals surface area contributed by atoms with Crippen LogP contribution in [0.15, 0.2) is 0 Å². The number of hydrogen-bond acceptors (Lipinski definition) is 3. The second kappa shape index (κ2) is 7.27. The van der Waals surface area contributed by atoms with E-state index in [0.29, 0.717) is 23.1 Å². The Balaban J connectivity index is 2.48. The summed E-state index contributed by atoms with van der Waals surface area (Å²) in [4.78, 5) is 11.9. The summed E-state index contributed by atoms with van der Waals surface area (Å²) < 4.78 is 1.58. The van der Waals surface area contributed by atoms with Gasteiger partial charge in [0.15, 0.2) is 0 Å². The van der Waals surface area contributed by atoms with E-state index < -0.39 is 5.60 Å². The van der Waals surface area contributed by atoms with Crippen molar-refractivity contribution in [1.82, 2.24) is 15.1 Å². The lowest BCUT2D eigenvalue weighted by Gasteiger charge is -2.24. The van der Waals surface area contributed by atoms with Crippen LogP contribution in [0.25, 0.3) is 0 Å². The SMILES string of the molecule is Cc1nn(CC(=O)NCC(C)(O)CCC(C)C)c(C)c1Cl. The molecule has 1 amide bonds. The van der Waals surface area contributed by atoms with E-state index in [-0.39, 0.29) is 19.0 Å². The smallest absolute Gasteiger partial charge is 0.241 e. The van der Waals surface area contributed by atoms with E-state index >= 15 is 0 Å². The summed E-state index contributed by atoms with van der Waals surface area (Å²) in [6.45, 7) is 9.96. The van der Waals surface area contributed by atoms with E-state index in [1.807, 2.05) is 6.92 Å². The molecule has 0 spiro atoms. The van der Waals surface area contributed by atoms with Crippen molar-refractivity contribution in [1.29, 1.82) is 0 Å². The van der Waals surface area contributed by atoms with Crippen molar-refractivity contribution in [2.75, 3.05) is 6.54 Å². The summed E-state index contributed by atoms with van der Waals surface area (Å²) in [5.41, 5.74) is 0.605. The van der Waals surface area contributed by atoms with Gasteiger partial charge in [0.1, 0.15) is 6.54 Å². The summed E-state index contributed by atoms with van der Waals surface area (Å²) in [5, 5.41) is 17.8. The fraction of sp³-hybridized carbons (Fsp3) is 0.733. The Hall–Kier alpha value is -1.07. The van der Waals surface area contributed by atoms with Crippen molar-refractivity contribution in [3.8, 4) is 0 Å². The number of nitrogens with zero attached hydrogens (tertiary/aromatic N) is 2. The third-order valence-corrected chi connectivity index (χ3v) is 4.06. The first-order valence-electron chi connectivity index (χ1n) is 7.31. The van der Waals surface area contributed by atoms with Crippen LogP contribution in [0.4, 0.5) is 0 Å². The summed E-state index contributed by atoms with van der Waals surface area (Å²) in [7, 11) is 0. The Morgan fingerprint density at radius 3 is 2.57 bits per heavy atom. The standard InChI is InChI=1S/C15H26ClN3O2/c1-10(2)6-7-15(5,21)9-17-13(20)8-19-12(4)14(16)11(3)18-19/h10,21H,6-9H2,1-5H3,(H,17,20). The highest BCUT2D eigenvalue weighted by molar-refractivity contribution is 6.31. The van der Waals surface area contributed by atoms with E-state index in [1.165, 1.54) is 0 Å². The first-order chi connectivity index (χ1) is 9.62. The zero-order valence-corrected chi connectivity index (χ0v) is 14.3. The van der Waals surface area contributed by atoms with Crippen LogP contribution in [-0.2, 0) is 11.3 Å². The zero-order chi connectivity index (χ0) is 16.2. The minimum atomic E-state index is -0.882. The van der Waals surface area contributed by atoms with Crippen molar-refractivity contribution in [3.05, 3.63) is 16.4 Å². The molecule has 6 heteroatoms. The van der Waals surface area contributed by atoms with E-state index in [1.54, 1.807) is 18.5 Å². The number of halogens is 1. The summed E-state index contributed by atoms with van der Waals surface area (Å²) >= 11 is 6.05. The maximum atomic E-state index is 11.9. The number of nitrogens with one attached hydrogen (secondary N) is 1. The summed E-state index contributed by atoms with van der Waals surface area (Å²) in [6, 6.07) is 0. The minimum absolute atomic E-state index is 0.111. The number of rotatable bonds is 7. The van der Waals surface area contributed by atoms with E-state index in [2.05, 4.69) is 24.3 Å². The molecule has 120 valence electrons. The van der Waals surface area contributed by atoms with Crippen molar-refractivity contribution in [3.63, 3.8) is 0 Å². The van der Waals surface area contributed by atoms with E-state index in [0.717, 1.165) is 12.1 Å². The average molecular weight is 316 g/mol. The lowest BCUT2D eigenvalue weighted by atomic mass is 9.95. The molecule has 21 heavy (non-hydrogen) atoms. The highest BCUT2D eigenvalue weighted by atomic mass is 35.5. The molecule has 0 aromatic carbocycles. The van der Waals surface area contributed by atoms with Crippen LogP contribution in [0.5, 0.6) is 0 Å². The van der Waals surface area contributed by atoms with Gasteiger partial charge in [-0.1, -0.05) is 25.4 Å². The van der Waals surface area contributed by atoms with Crippen molar-refractivity contribution in [2.24, 2.45) is 5.92 Å². The molecule has 0 fully saturated rings. The molecular weight excluding hydrogens is 290 g/mol. The van der Waals surface area contributed by atoms with Crippen molar-refractivity contribution < 1.29 is 9.90 Å².